The number of fused-ring (bicyclic) bond motifs is 1. The second-order valence-corrected chi connectivity index (χ2v) is 8.92. The molecule has 0 aromatic heterocycles. The Morgan fingerprint density at radius 3 is 2.45 bits per heavy atom. The number of rotatable bonds is 8. The number of methoxy groups -OCH3 is 2. The van der Waals surface area contributed by atoms with Gasteiger partial charge in [-0.2, -0.15) is 0 Å². The van der Waals surface area contributed by atoms with E-state index in [9.17, 15) is 9.59 Å². The minimum atomic E-state index is -0.475. The van der Waals surface area contributed by atoms with Crippen LogP contribution < -0.4 is 10.1 Å². The number of carbonyl (C=O) groups excluding carboxylic acids is 2. The number of hydrogen-bond acceptors (Lipinski definition) is 4. The van der Waals surface area contributed by atoms with Crippen LogP contribution in [0.3, 0.4) is 0 Å². The lowest BCUT2D eigenvalue weighted by Crippen LogP contribution is -2.52. The number of nitrogens with one attached hydrogen (secondary N) is 1. The van der Waals surface area contributed by atoms with Gasteiger partial charge in [0.1, 0.15) is 5.75 Å². The van der Waals surface area contributed by atoms with Crippen molar-refractivity contribution in [3.63, 3.8) is 0 Å². The van der Waals surface area contributed by atoms with Crippen molar-refractivity contribution >= 4 is 11.8 Å². The van der Waals surface area contributed by atoms with Gasteiger partial charge < -0.3 is 19.7 Å². The molecule has 2 amide bonds. The average molecular weight is 451 g/mol. The largest absolute Gasteiger partial charge is 0.497 e. The number of benzene rings is 2. The van der Waals surface area contributed by atoms with Crippen LogP contribution in [0.25, 0.3) is 0 Å². The number of amides is 2. The van der Waals surface area contributed by atoms with Gasteiger partial charge in [-0.05, 0) is 48.6 Å². The molecule has 6 nitrogen and oxygen atoms in total. The number of ether oxygens (including phenoxy) is 2. The predicted molar refractivity (Wildman–Crippen MR) is 127 cm³/mol. The third-order valence-corrected chi connectivity index (χ3v) is 6.91. The molecule has 2 atom stereocenters. The number of hydrogen-bond donors (Lipinski definition) is 1. The van der Waals surface area contributed by atoms with Crippen LogP contribution in [-0.2, 0) is 9.53 Å². The van der Waals surface area contributed by atoms with Crippen LogP contribution in [0.4, 0.5) is 0 Å². The molecule has 2 unspecified atom stereocenters. The Morgan fingerprint density at radius 2 is 1.76 bits per heavy atom. The smallest absolute Gasteiger partial charge is 0.254 e. The molecule has 6 heteroatoms. The highest BCUT2D eigenvalue weighted by atomic mass is 16.5. The molecule has 0 radical (unpaired) electrons. The summed E-state index contributed by atoms with van der Waals surface area (Å²) < 4.78 is 10.5. The van der Waals surface area contributed by atoms with Gasteiger partial charge in [0.25, 0.3) is 5.91 Å². The first-order chi connectivity index (χ1) is 16.2. The van der Waals surface area contributed by atoms with Crippen molar-refractivity contribution in [3.8, 4) is 5.75 Å². The minimum absolute atomic E-state index is 0.0294. The van der Waals surface area contributed by atoms with E-state index in [-0.39, 0.29) is 23.9 Å². The van der Waals surface area contributed by atoms with Gasteiger partial charge in [0, 0.05) is 31.9 Å². The van der Waals surface area contributed by atoms with Crippen molar-refractivity contribution in [2.45, 2.75) is 56.5 Å². The fourth-order valence-corrected chi connectivity index (χ4v) is 5.29. The fraction of sp³-hybridized carbons (Fsp3) is 0.481. The topological polar surface area (TPSA) is 67.9 Å². The summed E-state index contributed by atoms with van der Waals surface area (Å²) in [6.45, 7) is 1.13. The van der Waals surface area contributed by atoms with Gasteiger partial charge in [-0.15, -0.1) is 0 Å². The van der Waals surface area contributed by atoms with Gasteiger partial charge in [-0.3, -0.25) is 9.59 Å². The standard InChI is InChI=1S/C27H34N2O4/c1-32-18-8-17-28-26(30)24-22-11-6-7-12-23(22)27(31)29(20-9-4-3-5-10-20)25(24)19-13-15-21(33-2)16-14-19/h6-7,11-16,20,24-25H,3-5,8-10,17-18H2,1-2H3,(H,28,30). The maximum Gasteiger partial charge on any atom is 0.254 e. The van der Waals surface area contributed by atoms with Gasteiger partial charge in [0.2, 0.25) is 5.91 Å². The molecule has 0 bridgehead atoms. The van der Waals surface area contributed by atoms with Gasteiger partial charge in [-0.1, -0.05) is 49.6 Å². The van der Waals surface area contributed by atoms with E-state index in [0.29, 0.717) is 18.7 Å². The Balaban J connectivity index is 1.78. The monoisotopic (exact) mass is 450 g/mol. The Morgan fingerprint density at radius 1 is 1.03 bits per heavy atom. The van der Waals surface area contributed by atoms with E-state index in [1.165, 1.54) is 6.42 Å². The molecule has 4 rings (SSSR count). The Labute approximate surface area is 196 Å². The van der Waals surface area contributed by atoms with Crippen molar-refractivity contribution in [1.82, 2.24) is 10.2 Å². The molecule has 33 heavy (non-hydrogen) atoms. The number of carbonyl (C=O) groups is 2. The summed E-state index contributed by atoms with van der Waals surface area (Å²) in [6, 6.07) is 15.2. The Hall–Kier alpha value is -2.86. The lowest BCUT2D eigenvalue weighted by molar-refractivity contribution is -0.124. The highest BCUT2D eigenvalue weighted by Gasteiger charge is 2.46. The molecule has 176 valence electrons. The fourth-order valence-electron chi connectivity index (χ4n) is 5.29. The van der Waals surface area contributed by atoms with Crippen molar-refractivity contribution in [1.29, 1.82) is 0 Å². The van der Waals surface area contributed by atoms with Gasteiger partial charge in [0.05, 0.1) is 19.1 Å². The summed E-state index contributed by atoms with van der Waals surface area (Å²) in [5.74, 6) is 0.261. The first kappa shape index (κ1) is 23.3. The van der Waals surface area contributed by atoms with Crippen LogP contribution >= 0.6 is 0 Å². The quantitative estimate of drug-likeness (QED) is 0.603. The molecule has 1 heterocycles. The maximum atomic E-state index is 13.8. The predicted octanol–water partition coefficient (Wildman–Crippen LogP) is 4.46. The van der Waals surface area contributed by atoms with Crippen LogP contribution in [0.15, 0.2) is 48.5 Å². The zero-order valence-corrected chi connectivity index (χ0v) is 19.6. The van der Waals surface area contributed by atoms with E-state index in [0.717, 1.165) is 49.0 Å². The highest BCUT2D eigenvalue weighted by molar-refractivity contribution is 6.01. The lowest BCUT2D eigenvalue weighted by Gasteiger charge is -2.46. The molecular formula is C27H34N2O4. The normalized spacial score (nSPS) is 20.9. The summed E-state index contributed by atoms with van der Waals surface area (Å²) in [5, 5.41) is 3.11. The molecule has 2 aliphatic rings. The van der Waals surface area contributed by atoms with Crippen molar-refractivity contribution < 1.29 is 19.1 Å². The van der Waals surface area contributed by atoms with Crippen LogP contribution in [0, 0.1) is 0 Å². The van der Waals surface area contributed by atoms with Crippen LogP contribution in [0.5, 0.6) is 5.75 Å². The third kappa shape index (κ3) is 4.91. The van der Waals surface area contributed by atoms with Crippen molar-refractivity contribution in [2.24, 2.45) is 0 Å². The number of nitrogens with zero attached hydrogens (tertiary/aromatic N) is 1. The molecule has 1 N–H and O–H groups in total. The Kier molecular flexibility index (Phi) is 7.65. The Bertz CT molecular complexity index is 953. The lowest BCUT2D eigenvalue weighted by atomic mass is 9.77. The summed E-state index contributed by atoms with van der Waals surface area (Å²) in [6.07, 6.45) is 6.12. The van der Waals surface area contributed by atoms with E-state index in [1.54, 1.807) is 14.2 Å². The van der Waals surface area contributed by atoms with E-state index < -0.39 is 5.92 Å². The SMILES string of the molecule is COCCCNC(=O)C1c2ccccc2C(=O)N(C2CCCCC2)C1c1ccc(OC)cc1. The van der Waals surface area contributed by atoms with E-state index >= 15 is 0 Å². The summed E-state index contributed by atoms with van der Waals surface area (Å²) in [7, 11) is 3.30. The van der Waals surface area contributed by atoms with Crippen LogP contribution in [-0.4, -0.2) is 50.1 Å². The second-order valence-electron chi connectivity index (χ2n) is 8.92. The third-order valence-electron chi connectivity index (χ3n) is 6.91. The second kappa shape index (κ2) is 10.8. The van der Waals surface area contributed by atoms with E-state index in [4.69, 9.17) is 9.47 Å². The van der Waals surface area contributed by atoms with Crippen molar-refractivity contribution in [2.75, 3.05) is 27.4 Å². The first-order valence-electron chi connectivity index (χ1n) is 12.0. The molecule has 1 aliphatic heterocycles. The molecule has 0 saturated heterocycles. The van der Waals surface area contributed by atoms with Gasteiger partial charge >= 0.3 is 0 Å². The molecule has 2 aromatic rings. The molecular weight excluding hydrogens is 416 g/mol. The first-order valence-corrected chi connectivity index (χ1v) is 12.0. The molecule has 1 saturated carbocycles. The summed E-state index contributed by atoms with van der Waals surface area (Å²) in [4.78, 5) is 29.5. The van der Waals surface area contributed by atoms with Crippen LogP contribution in [0.2, 0.25) is 0 Å². The molecule has 1 fully saturated rings. The molecule has 1 aliphatic carbocycles. The van der Waals surface area contributed by atoms with Gasteiger partial charge in [0.15, 0.2) is 0 Å². The van der Waals surface area contributed by atoms with Gasteiger partial charge in [-0.25, -0.2) is 0 Å². The zero-order chi connectivity index (χ0) is 23.2. The average Bonchev–Trinajstić information content (AvgIpc) is 2.87. The van der Waals surface area contributed by atoms with E-state index in [2.05, 4.69) is 5.32 Å². The molecule has 0 spiro atoms. The summed E-state index contributed by atoms with van der Waals surface area (Å²) in [5.41, 5.74) is 2.41. The maximum absolute atomic E-state index is 13.8. The molecule has 2 aromatic carbocycles. The summed E-state index contributed by atoms with van der Waals surface area (Å²) >= 11 is 0. The minimum Gasteiger partial charge on any atom is -0.497 e. The van der Waals surface area contributed by atoms with Crippen LogP contribution in [0.1, 0.15) is 72.0 Å². The highest BCUT2D eigenvalue weighted by Crippen LogP contribution is 2.46. The van der Waals surface area contributed by atoms with Crippen molar-refractivity contribution in [3.05, 3.63) is 65.2 Å². The zero-order valence-electron chi connectivity index (χ0n) is 19.6. The van der Waals surface area contributed by atoms with E-state index in [1.807, 2.05) is 53.4 Å².